The van der Waals surface area contributed by atoms with E-state index < -0.39 is 13.9 Å². The van der Waals surface area contributed by atoms with E-state index in [0.717, 1.165) is 6.42 Å². The van der Waals surface area contributed by atoms with Crippen molar-refractivity contribution in [3.8, 4) is 0 Å². The molecule has 0 aromatic carbocycles. The minimum atomic E-state index is -1.88. The number of hydrogen-bond acceptors (Lipinski definition) is 4. The van der Waals surface area contributed by atoms with Gasteiger partial charge in [0.15, 0.2) is 8.32 Å². The van der Waals surface area contributed by atoms with Gasteiger partial charge in [0.25, 0.3) is 0 Å². The lowest BCUT2D eigenvalue weighted by Crippen LogP contribution is -2.45. The highest BCUT2D eigenvalue weighted by molar-refractivity contribution is 6.74. The van der Waals surface area contributed by atoms with Crippen LogP contribution in [0.25, 0.3) is 0 Å². The number of rotatable bonds is 4. The van der Waals surface area contributed by atoms with Gasteiger partial charge in [0, 0.05) is 6.54 Å². The molecule has 0 radical (unpaired) electrons. The van der Waals surface area contributed by atoms with E-state index in [1.165, 1.54) is 0 Å². The standard InChI is InChI=1S/C18H35NO4Si/c1-17(2,3)22-16(20)19-13-15(12-14(19)10-11-21-7)23-24(8,9)18(4,5)6/h10-11,14-15H,12-13H2,1-9H3/t14?,15-/m1/s1. The Kier molecular flexibility index (Phi) is 6.55. The minimum absolute atomic E-state index is 0.0323. The van der Waals surface area contributed by atoms with Gasteiger partial charge >= 0.3 is 6.09 Å². The first-order valence-corrected chi connectivity index (χ1v) is 11.5. The lowest BCUT2D eigenvalue weighted by Gasteiger charge is -2.38. The largest absolute Gasteiger partial charge is 0.505 e. The first kappa shape index (κ1) is 21.0. The molecule has 1 aliphatic rings. The van der Waals surface area contributed by atoms with Crippen LogP contribution in [0.1, 0.15) is 48.0 Å². The number of methoxy groups -OCH3 is 1. The van der Waals surface area contributed by atoms with Gasteiger partial charge in [-0.2, -0.15) is 0 Å². The zero-order valence-electron chi connectivity index (χ0n) is 16.8. The van der Waals surface area contributed by atoms with E-state index in [9.17, 15) is 4.79 Å². The molecule has 6 heteroatoms. The van der Waals surface area contributed by atoms with Gasteiger partial charge in [0.05, 0.1) is 25.5 Å². The van der Waals surface area contributed by atoms with Crippen LogP contribution >= 0.6 is 0 Å². The van der Waals surface area contributed by atoms with Crippen molar-refractivity contribution < 1.29 is 18.7 Å². The van der Waals surface area contributed by atoms with E-state index in [-0.39, 0.29) is 23.3 Å². The zero-order valence-corrected chi connectivity index (χ0v) is 17.8. The molecule has 1 heterocycles. The average molecular weight is 358 g/mol. The fraction of sp³-hybridized carbons (Fsp3) is 0.833. The molecule has 1 saturated heterocycles. The quantitative estimate of drug-likeness (QED) is 0.547. The van der Waals surface area contributed by atoms with Crippen molar-refractivity contribution in [2.45, 2.75) is 83.8 Å². The van der Waals surface area contributed by atoms with Crippen molar-refractivity contribution in [2.24, 2.45) is 0 Å². The van der Waals surface area contributed by atoms with E-state index in [0.29, 0.717) is 6.54 Å². The summed E-state index contributed by atoms with van der Waals surface area (Å²) in [5.41, 5.74) is -0.509. The van der Waals surface area contributed by atoms with Gasteiger partial charge in [-0.1, -0.05) is 20.8 Å². The van der Waals surface area contributed by atoms with Crippen molar-refractivity contribution in [2.75, 3.05) is 13.7 Å². The van der Waals surface area contributed by atoms with Crippen molar-refractivity contribution >= 4 is 14.4 Å². The Hall–Kier alpha value is -1.01. The monoisotopic (exact) mass is 357 g/mol. The van der Waals surface area contributed by atoms with Crippen LogP contribution in [0, 0.1) is 0 Å². The fourth-order valence-electron chi connectivity index (χ4n) is 2.39. The third-order valence-corrected chi connectivity index (χ3v) is 9.17. The molecule has 0 aromatic heterocycles. The Morgan fingerprint density at radius 3 is 2.21 bits per heavy atom. The molecule has 0 bridgehead atoms. The number of hydrogen-bond donors (Lipinski definition) is 0. The maximum absolute atomic E-state index is 12.5. The maximum Gasteiger partial charge on any atom is 0.410 e. The first-order chi connectivity index (χ1) is 10.8. The van der Waals surface area contributed by atoms with Crippen molar-refractivity contribution in [3.63, 3.8) is 0 Å². The smallest absolute Gasteiger partial charge is 0.410 e. The summed E-state index contributed by atoms with van der Waals surface area (Å²) in [7, 11) is -0.272. The van der Waals surface area contributed by atoms with Crippen molar-refractivity contribution in [1.29, 1.82) is 0 Å². The van der Waals surface area contributed by atoms with Crippen LogP contribution in [0.2, 0.25) is 18.1 Å². The Morgan fingerprint density at radius 1 is 1.17 bits per heavy atom. The summed E-state index contributed by atoms with van der Waals surface area (Å²) in [4.78, 5) is 14.3. The number of amides is 1. The van der Waals surface area contributed by atoms with E-state index in [1.807, 2.05) is 26.8 Å². The molecule has 140 valence electrons. The number of nitrogens with zero attached hydrogens (tertiary/aromatic N) is 1. The zero-order chi connectivity index (χ0) is 18.8. The van der Waals surface area contributed by atoms with E-state index >= 15 is 0 Å². The average Bonchev–Trinajstić information content (AvgIpc) is 2.75. The summed E-state index contributed by atoms with van der Waals surface area (Å²) in [6, 6.07) is -0.0606. The Bertz CT molecular complexity index is 463. The molecule has 5 nitrogen and oxygen atoms in total. The fourth-order valence-corrected chi connectivity index (χ4v) is 3.74. The Morgan fingerprint density at radius 2 is 1.75 bits per heavy atom. The lowest BCUT2D eigenvalue weighted by atomic mass is 10.2. The second-order valence-corrected chi connectivity index (χ2v) is 13.8. The molecule has 1 unspecified atom stereocenters. The van der Waals surface area contributed by atoms with Gasteiger partial charge in [0.1, 0.15) is 5.60 Å². The van der Waals surface area contributed by atoms with Crippen molar-refractivity contribution in [1.82, 2.24) is 4.90 Å². The van der Waals surface area contributed by atoms with Gasteiger partial charge in [-0.25, -0.2) is 4.79 Å². The molecule has 1 amide bonds. The van der Waals surface area contributed by atoms with Gasteiger partial charge in [-0.15, -0.1) is 0 Å². The molecule has 1 fully saturated rings. The first-order valence-electron chi connectivity index (χ1n) is 8.64. The highest BCUT2D eigenvalue weighted by Crippen LogP contribution is 2.39. The predicted molar refractivity (Wildman–Crippen MR) is 99.6 cm³/mol. The topological polar surface area (TPSA) is 48.0 Å². The van der Waals surface area contributed by atoms with Crippen LogP contribution in [-0.4, -0.2) is 50.7 Å². The van der Waals surface area contributed by atoms with Gasteiger partial charge in [0.2, 0.25) is 0 Å². The van der Waals surface area contributed by atoms with Crippen LogP contribution in [0.3, 0.4) is 0 Å². The van der Waals surface area contributed by atoms with Crippen molar-refractivity contribution in [3.05, 3.63) is 12.3 Å². The van der Waals surface area contributed by atoms with E-state index in [1.54, 1.807) is 18.3 Å². The second kappa shape index (κ2) is 7.48. The highest BCUT2D eigenvalue weighted by atomic mass is 28.4. The SMILES string of the molecule is COC=CC1C[C@@H](O[Si](C)(C)C(C)(C)C)CN1C(=O)OC(C)(C)C. The van der Waals surface area contributed by atoms with Crippen LogP contribution < -0.4 is 0 Å². The van der Waals surface area contributed by atoms with Crippen LogP contribution in [0.15, 0.2) is 12.3 Å². The number of carbonyl (C=O) groups excluding carboxylic acids is 1. The van der Waals surface area contributed by atoms with Gasteiger partial charge in [-0.05, 0) is 51.4 Å². The van der Waals surface area contributed by atoms with Gasteiger partial charge in [-0.3, -0.25) is 4.90 Å². The van der Waals surface area contributed by atoms with Gasteiger partial charge < -0.3 is 13.9 Å². The molecule has 1 rings (SSSR count). The summed E-state index contributed by atoms with van der Waals surface area (Å²) >= 11 is 0. The molecule has 0 aromatic rings. The van der Waals surface area contributed by atoms with E-state index in [4.69, 9.17) is 13.9 Å². The summed E-state index contributed by atoms with van der Waals surface area (Å²) in [5, 5.41) is 0.143. The molecule has 0 aliphatic carbocycles. The maximum atomic E-state index is 12.5. The molecule has 2 atom stereocenters. The molecular formula is C18H35NO4Si. The molecule has 24 heavy (non-hydrogen) atoms. The van der Waals surface area contributed by atoms with Crippen LogP contribution in [-0.2, 0) is 13.9 Å². The minimum Gasteiger partial charge on any atom is -0.505 e. The Balaban J connectivity index is 2.87. The highest BCUT2D eigenvalue weighted by Gasteiger charge is 2.43. The summed E-state index contributed by atoms with van der Waals surface area (Å²) in [6.45, 7) is 17.3. The van der Waals surface area contributed by atoms with Crippen LogP contribution in [0.4, 0.5) is 4.79 Å². The molecule has 0 saturated carbocycles. The van der Waals surface area contributed by atoms with Crippen LogP contribution in [0.5, 0.6) is 0 Å². The third kappa shape index (κ3) is 5.81. The summed E-state index contributed by atoms with van der Waals surface area (Å²) < 4.78 is 17.1. The Labute approximate surface area is 148 Å². The van der Waals surface area contributed by atoms with E-state index in [2.05, 4.69) is 33.9 Å². The third-order valence-electron chi connectivity index (χ3n) is 4.64. The normalized spacial score (nSPS) is 23.0. The number of ether oxygens (including phenoxy) is 2. The predicted octanol–water partition coefficient (Wildman–Crippen LogP) is 4.55. The summed E-state index contributed by atoms with van der Waals surface area (Å²) in [5.74, 6) is 0. The number of carbonyl (C=O) groups is 1. The molecule has 1 aliphatic heterocycles. The number of likely N-dealkylation sites (tertiary alicyclic amines) is 1. The summed E-state index contributed by atoms with van der Waals surface area (Å²) in [6.07, 6.45) is 4.03. The lowest BCUT2D eigenvalue weighted by molar-refractivity contribution is 0.0236. The molecule has 0 N–H and O–H groups in total. The molecular weight excluding hydrogens is 322 g/mol. The second-order valence-electron chi connectivity index (χ2n) is 9.00. The molecule has 0 spiro atoms.